The van der Waals surface area contributed by atoms with Crippen LogP contribution in [0.3, 0.4) is 0 Å². The summed E-state index contributed by atoms with van der Waals surface area (Å²) in [6.07, 6.45) is 4.29. The lowest BCUT2D eigenvalue weighted by Gasteiger charge is -2.06. The van der Waals surface area contributed by atoms with Crippen molar-refractivity contribution in [1.82, 2.24) is 19.7 Å². The molecular formula is C19H18FN5O. The minimum absolute atomic E-state index is 0.147. The van der Waals surface area contributed by atoms with E-state index in [1.54, 1.807) is 35.0 Å². The number of aromatic amines is 1. The first-order valence-electron chi connectivity index (χ1n) is 8.42. The third-order valence-corrected chi connectivity index (χ3v) is 4.37. The summed E-state index contributed by atoms with van der Waals surface area (Å²) in [6, 6.07) is 8.62. The Hall–Kier alpha value is -3.35. The maximum Gasteiger partial charge on any atom is 0.273 e. The minimum atomic E-state index is -0.369. The van der Waals surface area contributed by atoms with Crippen molar-refractivity contribution in [3.05, 3.63) is 54.2 Å². The van der Waals surface area contributed by atoms with Gasteiger partial charge in [0.1, 0.15) is 17.3 Å². The van der Waals surface area contributed by atoms with E-state index in [2.05, 4.69) is 15.3 Å². The maximum absolute atomic E-state index is 14.7. The third kappa shape index (κ3) is 2.48. The summed E-state index contributed by atoms with van der Waals surface area (Å²) in [4.78, 5) is 19.7. The van der Waals surface area contributed by atoms with E-state index in [0.29, 0.717) is 23.3 Å². The van der Waals surface area contributed by atoms with Crippen LogP contribution in [0.25, 0.3) is 27.7 Å². The van der Waals surface area contributed by atoms with Crippen molar-refractivity contribution in [3.8, 4) is 11.1 Å². The monoisotopic (exact) mass is 351 g/mol. The first-order valence-corrected chi connectivity index (χ1v) is 8.42. The highest BCUT2D eigenvalue weighted by Crippen LogP contribution is 2.31. The Morgan fingerprint density at radius 2 is 2.19 bits per heavy atom. The van der Waals surface area contributed by atoms with Crippen molar-refractivity contribution in [2.24, 2.45) is 0 Å². The number of nitrogen functional groups attached to an aromatic ring is 1. The van der Waals surface area contributed by atoms with Crippen LogP contribution in [0.15, 0.2) is 42.7 Å². The number of carbonyl (C=O) groups is 1. The quantitative estimate of drug-likeness (QED) is 0.527. The summed E-state index contributed by atoms with van der Waals surface area (Å²) in [6.45, 7) is 2.50. The molecule has 3 heterocycles. The van der Waals surface area contributed by atoms with Crippen LogP contribution in [0.1, 0.15) is 23.8 Å². The molecule has 4 rings (SSSR count). The van der Waals surface area contributed by atoms with Crippen molar-refractivity contribution < 1.29 is 9.18 Å². The average molecular weight is 351 g/mol. The van der Waals surface area contributed by atoms with Gasteiger partial charge < -0.3 is 16.0 Å². The molecule has 132 valence electrons. The van der Waals surface area contributed by atoms with E-state index in [-0.39, 0.29) is 23.2 Å². The molecule has 4 N–H and O–H groups in total. The molecule has 6 nitrogen and oxygen atoms in total. The number of nitrogens with two attached hydrogens (primary N) is 1. The number of rotatable bonds is 4. The van der Waals surface area contributed by atoms with Crippen LogP contribution in [0.4, 0.5) is 10.2 Å². The zero-order valence-corrected chi connectivity index (χ0v) is 14.2. The van der Waals surface area contributed by atoms with E-state index in [0.717, 1.165) is 17.3 Å². The van der Waals surface area contributed by atoms with Gasteiger partial charge in [0, 0.05) is 41.0 Å². The number of nitrogens with zero attached hydrogens (tertiary/aromatic N) is 2. The number of carbonyl (C=O) groups excluding carboxylic acids is 1. The van der Waals surface area contributed by atoms with E-state index in [1.807, 2.05) is 13.0 Å². The Labute approximate surface area is 148 Å². The van der Waals surface area contributed by atoms with Crippen molar-refractivity contribution in [3.63, 3.8) is 0 Å². The van der Waals surface area contributed by atoms with Crippen molar-refractivity contribution >= 4 is 28.3 Å². The summed E-state index contributed by atoms with van der Waals surface area (Å²) < 4.78 is 16.3. The van der Waals surface area contributed by atoms with Crippen molar-refractivity contribution in [2.45, 2.75) is 13.3 Å². The van der Waals surface area contributed by atoms with Gasteiger partial charge in [0.05, 0.1) is 0 Å². The number of anilines is 1. The summed E-state index contributed by atoms with van der Waals surface area (Å²) in [5.74, 6) is -0.467. The second-order valence-electron chi connectivity index (χ2n) is 6.11. The van der Waals surface area contributed by atoms with Gasteiger partial charge in [-0.25, -0.2) is 9.37 Å². The zero-order chi connectivity index (χ0) is 18.3. The van der Waals surface area contributed by atoms with Gasteiger partial charge in [0.2, 0.25) is 0 Å². The van der Waals surface area contributed by atoms with Crippen LogP contribution in [0.5, 0.6) is 0 Å². The average Bonchev–Trinajstić information content (AvgIpc) is 3.23. The summed E-state index contributed by atoms with van der Waals surface area (Å²) in [5, 5.41) is 3.66. The number of fused-ring (bicyclic) bond motifs is 2. The predicted molar refractivity (Wildman–Crippen MR) is 99.5 cm³/mol. The smallest absolute Gasteiger partial charge is 0.273 e. The Morgan fingerprint density at radius 1 is 1.35 bits per heavy atom. The van der Waals surface area contributed by atoms with Gasteiger partial charge in [-0.3, -0.25) is 9.20 Å². The molecule has 3 aromatic heterocycles. The highest BCUT2D eigenvalue weighted by molar-refractivity contribution is 5.99. The molecule has 0 atom stereocenters. The minimum Gasteiger partial charge on any atom is -0.383 e. The molecule has 26 heavy (non-hydrogen) atoms. The lowest BCUT2D eigenvalue weighted by Crippen LogP contribution is -2.25. The fourth-order valence-electron chi connectivity index (χ4n) is 3.07. The highest BCUT2D eigenvalue weighted by Gasteiger charge is 2.20. The lowest BCUT2D eigenvalue weighted by atomic mass is 10.0. The summed E-state index contributed by atoms with van der Waals surface area (Å²) >= 11 is 0. The van der Waals surface area contributed by atoms with Gasteiger partial charge in [0.25, 0.3) is 5.91 Å². The molecule has 0 saturated carbocycles. The van der Waals surface area contributed by atoms with E-state index >= 15 is 0 Å². The molecule has 1 amide bonds. The molecule has 0 fully saturated rings. The number of halogens is 1. The first-order chi connectivity index (χ1) is 12.6. The molecule has 0 spiro atoms. The third-order valence-electron chi connectivity index (χ3n) is 4.37. The second kappa shape index (κ2) is 6.18. The zero-order valence-electron chi connectivity index (χ0n) is 14.2. The van der Waals surface area contributed by atoms with Crippen LogP contribution in [0, 0.1) is 5.82 Å². The largest absolute Gasteiger partial charge is 0.383 e. The number of amides is 1. The van der Waals surface area contributed by atoms with E-state index in [4.69, 9.17) is 5.73 Å². The number of benzene rings is 1. The first kappa shape index (κ1) is 16.1. The number of imidazole rings is 1. The van der Waals surface area contributed by atoms with Crippen LogP contribution in [-0.4, -0.2) is 26.8 Å². The number of hydrogen-bond donors (Lipinski definition) is 3. The standard InChI is InChI=1S/C19H18FN5O/c1-2-6-23-19(26)16-17(21)25-8-3-4-12(18(25)24-16)13-9-11-5-7-22-15(11)10-14(13)20/h3-5,7-10,22H,2,6,21H2,1H3,(H,23,26). The molecule has 0 bridgehead atoms. The summed E-state index contributed by atoms with van der Waals surface area (Å²) in [5.41, 5.74) is 8.41. The Balaban J connectivity index is 1.90. The van der Waals surface area contributed by atoms with Crippen LogP contribution in [-0.2, 0) is 0 Å². The fourth-order valence-corrected chi connectivity index (χ4v) is 3.07. The lowest BCUT2D eigenvalue weighted by molar-refractivity contribution is 0.0950. The van der Waals surface area contributed by atoms with Crippen molar-refractivity contribution in [2.75, 3.05) is 12.3 Å². The molecule has 0 saturated heterocycles. The molecular weight excluding hydrogens is 333 g/mol. The molecule has 0 aliphatic rings. The van der Waals surface area contributed by atoms with E-state index in [1.165, 1.54) is 6.07 Å². The van der Waals surface area contributed by atoms with Crippen LogP contribution < -0.4 is 11.1 Å². The van der Waals surface area contributed by atoms with Crippen LogP contribution in [0.2, 0.25) is 0 Å². The van der Waals surface area contributed by atoms with Gasteiger partial charge in [-0.1, -0.05) is 6.92 Å². The highest BCUT2D eigenvalue weighted by atomic mass is 19.1. The number of H-pyrrole nitrogens is 1. The summed E-state index contributed by atoms with van der Waals surface area (Å²) in [7, 11) is 0. The number of nitrogens with one attached hydrogen (secondary N) is 2. The molecule has 0 aliphatic heterocycles. The fraction of sp³-hybridized carbons (Fsp3) is 0.158. The maximum atomic E-state index is 14.7. The molecule has 7 heteroatoms. The molecule has 0 aliphatic carbocycles. The molecule has 0 unspecified atom stereocenters. The van der Waals surface area contributed by atoms with Gasteiger partial charge in [0.15, 0.2) is 5.69 Å². The van der Waals surface area contributed by atoms with E-state index < -0.39 is 0 Å². The molecule has 4 aromatic rings. The molecule has 1 aromatic carbocycles. The second-order valence-corrected chi connectivity index (χ2v) is 6.11. The van der Waals surface area contributed by atoms with Crippen LogP contribution >= 0.6 is 0 Å². The number of pyridine rings is 1. The van der Waals surface area contributed by atoms with E-state index in [9.17, 15) is 9.18 Å². The Kier molecular flexibility index (Phi) is 3.84. The van der Waals surface area contributed by atoms with Gasteiger partial charge in [-0.2, -0.15) is 0 Å². The van der Waals surface area contributed by atoms with Gasteiger partial charge in [-0.05, 0) is 36.8 Å². The molecule has 0 radical (unpaired) electrons. The number of aromatic nitrogens is 3. The topological polar surface area (TPSA) is 88.2 Å². The van der Waals surface area contributed by atoms with Crippen molar-refractivity contribution in [1.29, 1.82) is 0 Å². The van der Waals surface area contributed by atoms with Gasteiger partial charge >= 0.3 is 0 Å². The Morgan fingerprint density at radius 3 is 3.00 bits per heavy atom. The normalized spacial score (nSPS) is 11.3. The predicted octanol–water partition coefficient (Wildman–Crippen LogP) is 3.34. The van der Waals surface area contributed by atoms with Gasteiger partial charge in [-0.15, -0.1) is 0 Å². The Bertz CT molecular complexity index is 1130. The number of hydrogen-bond acceptors (Lipinski definition) is 3. The SMILES string of the molecule is CCCNC(=O)c1nc2c(-c3cc4cc[nH]c4cc3F)cccn2c1N.